The van der Waals surface area contributed by atoms with Gasteiger partial charge in [0.05, 0.1) is 31.7 Å². The summed E-state index contributed by atoms with van der Waals surface area (Å²) in [4.78, 5) is 12.4. The van der Waals surface area contributed by atoms with Crippen LogP contribution in [0.2, 0.25) is 0 Å². The number of aliphatic hydroxyl groups is 1. The smallest absolute Gasteiger partial charge is 0.222 e. The first-order chi connectivity index (χ1) is 10.0. The molecule has 0 bridgehead atoms. The van der Waals surface area contributed by atoms with Crippen LogP contribution >= 0.6 is 0 Å². The lowest BCUT2D eigenvalue weighted by molar-refractivity contribution is 0.249. The second-order valence-corrected chi connectivity index (χ2v) is 4.61. The van der Waals surface area contributed by atoms with E-state index in [-0.39, 0.29) is 18.6 Å². The van der Waals surface area contributed by atoms with Gasteiger partial charge in [-0.05, 0) is 13.3 Å². The van der Waals surface area contributed by atoms with E-state index in [1.54, 1.807) is 20.2 Å². The molecule has 116 valence electrons. The lowest BCUT2D eigenvalue weighted by Gasteiger charge is -2.21. The molecule has 0 amide bonds. The molecule has 0 aromatic rings. The number of aliphatic imine (C=N–C) groups is 3. The Kier molecular flexibility index (Phi) is 6.61. The molecule has 1 aliphatic rings. The first-order valence-corrected chi connectivity index (χ1v) is 6.80. The maximum atomic E-state index is 9.39. The number of aliphatic hydroxyl groups excluding tert-OH is 1. The number of rotatable bonds is 6. The van der Waals surface area contributed by atoms with Crippen molar-refractivity contribution in [2.75, 3.05) is 13.7 Å². The van der Waals surface area contributed by atoms with Crippen molar-refractivity contribution in [1.29, 1.82) is 0 Å². The average Bonchev–Trinajstić information content (AvgIpc) is 2.45. The molecule has 0 aliphatic carbocycles. The van der Waals surface area contributed by atoms with Crippen LogP contribution in [0, 0.1) is 0 Å². The summed E-state index contributed by atoms with van der Waals surface area (Å²) in [6, 6.07) is -0.120. The maximum absolute atomic E-state index is 9.39. The number of hydrogen-bond acceptors (Lipinski definition) is 7. The van der Waals surface area contributed by atoms with Crippen LogP contribution in [0.15, 0.2) is 39.2 Å². The van der Waals surface area contributed by atoms with Crippen LogP contribution in [-0.4, -0.2) is 42.4 Å². The summed E-state index contributed by atoms with van der Waals surface area (Å²) < 4.78 is 5.04. The van der Waals surface area contributed by atoms with Gasteiger partial charge in [0.25, 0.3) is 0 Å². The van der Waals surface area contributed by atoms with E-state index in [9.17, 15) is 5.11 Å². The van der Waals surface area contributed by atoms with E-state index in [0.29, 0.717) is 23.0 Å². The number of hydrogen-bond donors (Lipinski definition) is 3. The Morgan fingerprint density at radius 1 is 1.57 bits per heavy atom. The van der Waals surface area contributed by atoms with Gasteiger partial charge in [-0.25, -0.2) is 9.98 Å². The van der Waals surface area contributed by atoms with E-state index in [4.69, 9.17) is 10.5 Å². The van der Waals surface area contributed by atoms with Gasteiger partial charge < -0.3 is 20.9 Å². The number of methoxy groups -OCH3 is 1. The summed E-state index contributed by atoms with van der Waals surface area (Å²) >= 11 is 0. The predicted molar refractivity (Wildman–Crippen MR) is 85.3 cm³/mol. The molecule has 1 aliphatic heterocycles. The molecule has 0 spiro atoms. The highest BCUT2D eigenvalue weighted by Crippen LogP contribution is 2.08. The number of nitrogens with one attached hydrogen (secondary N) is 1. The monoisotopic (exact) mass is 293 g/mol. The lowest BCUT2D eigenvalue weighted by atomic mass is 10.1. The number of guanidine groups is 1. The normalized spacial score (nSPS) is 19.1. The average molecular weight is 293 g/mol. The second-order valence-electron chi connectivity index (χ2n) is 4.61. The molecule has 0 unspecified atom stereocenters. The molecule has 21 heavy (non-hydrogen) atoms. The van der Waals surface area contributed by atoms with E-state index in [1.165, 1.54) is 0 Å². The van der Waals surface area contributed by atoms with Gasteiger partial charge in [-0.3, -0.25) is 0 Å². The Balaban J connectivity index is 3.04. The summed E-state index contributed by atoms with van der Waals surface area (Å²) in [6.45, 7) is 7.65. The highest BCUT2D eigenvalue weighted by Gasteiger charge is 2.20. The Morgan fingerprint density at radius 3 is 2.86 bits per heavy atom. The van der Waals surface area contributed by atoms with Crippen LogP contribution in [0.1, 0.15) is 26.7 Å². The second kappa shape index (κ2) is 8.21. The van der Waals surface area contributed by atoms with Crippen LogP contribution in [0.5, 0.6) is 0 Å². The van der Waals surface area contributed by atoms with Crippen molar-refractivity contribution in [2.24, 2.45) is 20.7 Å². The van der Waals surface area contributed by atoms with Gasteiger partial charge in [-0.1, -0.05) is 19.9 Å². The Labute approximate surface area is 125 Å². The molecule has 1 atom stereocenters. The zero-order valence-corrected chi connectivity index (χ0v) is 12.8. The molecule has 1 heterocycles. The fourth-order valence-electron chi connectivity index (χ4n) is 1.72. The van der Waals surface area contributed by atoms with Gasteiger partial charge >= 0.3 is 0 Å². The molecular weight excluding hydrogens is 270 g/mol. The van der Waals surface area contributed by atoms with Gasteiger partial charge in [0.15, 0.2) is 5.84 Å². The Bertz CT molecular complexity index is 505. The molecule has 1 rings (SSSR count). The van der Waals surface area contributed by atoms with Crippen LogP contribution in [0.25, 0.3) is 0 Å². The van der Waals surface area contributed by atoms with Crippen LogP contribution < -0.4 is 11.1 Å². The molecular formula is C14H23N5O2. The first-order valence-electron chi connectivity index (χ1n) is 6.80. The van der Waals surface area contributed by atoms with Crippen molar-refractivity contribution in [3.05, 3.63) is 24.2 Å². The van der Waals surface area contributed by atoms with Gasteiger partial charge in [0.2, 0.25) is 5.96 Å². The summed E-state index contributed by atoms with van der Waals surface area (Å²) in [5.74, 6) is 1.21. The van der Waals surface area contributed by atoms with Gasteiger partial charge in [0, 0.05) is 0 Å². The van der Waals surface area contributed by atoms with Crippen molar-refractivity contribution in [1.82, 2.24) is 5.32 Å². The van der Waals surface area contributed by atoms with E-state index in [2.05, 4.69) is 26.9 Å². The topological polar surface area (TPSA) is 105 Å². The van der Waals surface area contributed by atoms with Crippen LogP contribution in [0.4, 0.5) is 0 Å². The van der Waals surface area contributed by atoms with Crippen LogP contribution in [0.3, 0.4) is 0 Å². The molecule has 7 nitrogen and oxygen atoms in total. The summed E-state index contributed by atoms with van der Waals surface area (Å²) in [6.07, 6.45) is 3.30. The van der Waals surface area contributed by atoms with E-state index in [1.807, 2.05) is 6.92 Å². The van der Waals surface area contributed by atoms with Crippen molar-refractivity contribution < 1.29 is 9.84 Å². The van der Waals surface area contributed by atoms with Crippen molar-refractivity contribution >= 4 is 17.5 Å². The number of nitrogens with zero attached hydrogens (tertiary/aromatic N) is 3. The van der Waals surface area contributed by atoms with E-state index < -0.39 is 0 Å². The fraction of sp³-hybridized carbons (Fsp3) is 0.500. The summed E-state index contributed by atoms with van der Waals surface area (Å²) in [7, 11) is 1.56. The van der Waals surface area contributed by atoms with Crippen LogP contribution in [-0.2, 0) is 4.74 Å². The summed E-state index contributed by atoms with van der Waals surface area (Å²) in [5.41, 5.74) is 6.55. The first kappa shape index (κ1) is 16.9. The summed E-state index contributed by atoms with van der Waals surface area (Å²) in [5, 5.41) is 12.5. The highest BCUT2D eigenvalue weighted by molar-refractivity contribution is 6.49. The van der Waals surface area contributed by atoms with Crippen molar-refractivity contribution in [3.63, 3.8) is 0 Å². The number of allylic oxidation sites excluding steroid dienone is 1. The lowest BCUT2D eigenvalue weighted by Crippen LogP contribution is -2.44. The van der Waals surface area contributed by atoms with E-state index in [0.717, 1.165) is 12.8 Å². The third kappa shape index (κ3) is 5.03. The SMILES string of the molecule is C=C1N=C(N)N=C(N[C@H](CO)CCC)/C1=N/C=C(\C)OC. The van der Waals surface area contributed by atoms with Gasteiger partial charge in [-0.2, -0.15) is 4.99 Å². The maximum Gasteiger partial charge on any atom is 0.222 e. The predicted octanol–water partition coefficient (Wildman–Crippen LogP) is 0.926. The Morgan fingerprint density at radius 2 is 2.29 bits per heavy atom. The largest absolute Gasteiger partial charge is 0.500 e. The molecule has 0 aromatic heterocycles. The molecule has 0 aromatic carbocycles. The zero-order chi connectivity index (χ0) is 15.8. The minimum Gasteiger partial charge on any atom is -0.500 e. The molecule has 7 heteroatoms. The number of amidine groups is 1. The van der Waals surface area contributed by atoms with Gasteiger partial charge in [0.1, 0.15) is 11.5 Å². The third-order valence-electron chi connectivity index (χ3n) is 2.87. The van der Waals surface area contributed by atoms with Crippen molar-refractivity contribution in [2.45, 2.75) is 32.7 Å². The van der Waals surface area contributed by atoms with Gasteiger partial charge in [-0.15, -0.1) is 0 Å². The number of nitrogens with two attached hydrogens (primary N) is 1. The molecule has 4 N–H and O–H groups in total. The minimum absolute atomic E-state index is 0.00337. The standard InChI is InChI=1S/C14H23N5O2/c1-5-6-11(8-20)18-13-12(16-7-9(2)21-4)10(3)17-14(15)19-13/h7,11,20H,3,5-6,8H2,1-2,4H3,(H3,15,17,18,19)/b9-7+,16-12+/t11-/m0/s1. The Hall–Kier alpha value is -2.15. The van der Waals surface area contributed by atoms with E-state index >= 15 is 0 Å². The zero-order valence-electron chi connectivity index (χ0n) is 12.8. The molecule has 0 saturated carbocycles. The number of ether oxygens (including phenoxy) is 1. The fourth-order valence-corrected chi connectivity index (χ4v) is 1.72. The molecule has 0 saturated heterocycles. The van der Waals surface area contributed by atoms with Crippen molar-refractivity contribution in [3.8, 4) is 0 Å². The quantitative estimate of drug-likeness (QED) is 0.633. The minimum atomic E-state index is -0.120. The molecule has 0 fully saturated rings. The molecule has 0 radical (unpaired) electrons. The highest BCUT2D eigenvalue weighted by atomic mass is 16.5. The third-order valence-corrected chi connectivity index (χ3v) is 2.87.